The summed E-state index contributed by atoms with van der Waals surface area (Å²) in [4.78, 5) is 14.0. The van der Waals surface area contributed by atoms with Gasteiger partial charge in [-0.2, -0.15) is 0 Å². The molecule has 1 N–H and O–H groups in total. The molecule has 1 heterocycles. The van der Waals surface area contributed by atoms with Gasteiger partial charge in [-0.05, 0) is 46.5 Å². The minimum absolute atomic E-state index is 0.0653. The lowest BCUT2D eigenvalue weighted by molar-refractivity contribution is 0.0248. The fourth-order valence-corrected chi connectivity index (χ4v) is 2.92. The van der Waals surface area contributed by atoms with Crippen molar-refractivity contribution in [2.75, 3.05) is 13.1 Å². The van der Waals surface area contributed by atoms with Crippen molar-refractivity contribution in [2.45, 2.75) is 19.4 Å². The molecule has 2 rings (SSSR count). The number of hydrogen-bond acceptors (Lipinski definition) is 2. The highest BCUT2D eigenvalue weighted by molar-refractivity contribution is 9.10. The molecule has 18 heavy (non-hydrogen) atoms. The lowest BCUT2D eigenvalue weighted by atomic mass is 9.95. The monoisotopic (exact) mass is 331 g/mol. The van der Waals surface area contributed by atoms with Gasteiger partial charge < -0.3 is 10.0 Å². The molecule has 1 amide bonds. The molecule has 1 aromatic carbocycles. The van der Waals surface area contributed by atoms with Crippen LogP contribution in [0.1, 0.15) is 23.7 Å². The molecule has 1 fully saturated rings. The van der Waals surface area contributed by atoms with Crippen molar-refractivity contribution in [1.29, 1.82) is 0 Å². The molecular weight excluding hydrogens is 318 g/mol. The number of nitrogens with zero attached hydrogens (tertiary/aromatic N) is 1. The Kier molecular flexibility index (Phi) is 4.30. The zero-order valence-electron chi connectivity index (χ0n) is 10.1. The zero-order chi connectivity index (χ0) is 13.3. The molecule has 2 atom stereocenters. The van der Waals surface area contributed by atoms with Crippen LogP contribution in [0, 0.1) is 5.92 Å². The van der Waals surface area contributed by atoms with Crippen LogP contribution < -0.4 is 0 Å². The van der Waals surface area contributed by atoms with Gasteiger partial charge in [-0.1, -0.05) is 18.5 Å². The quantitative estimate of drug-likeness (QED) is 0.859. The second kappa shape index (κ2) is 5.59. The lowest BCUT2D eigenvalue weighted by Crippen LogP contribution is -2.45. The topological polar surface area (TPSA) is 40.5 Å². The van der Waals surface area contributed by atoms with Crippen LogP contribution >= 0.6 is 27.5 Å². The van der Waals surface area contributed by atoms with Crippen molar-refractivity contribution < 1.29 is 9.90 Å². The fourth-order valence-electron chi connectivity index (χ4n) is 2.07. The van der Waals surface area contributed by atoms with E-state index in [1.165, 1.54) is 0 Å². The average Bonchev–Trinajstić information content (AvgIpc) is 2.32. The van der Waals surface area contributed by atoms with Crippen LogP contribution in [-0.2, 0) is 0 Å². The van der Waals surface area contributed by atoms with Crippen LogP contribution in [0.15, 0.2) is 22.7 Å². The Morgan fingerprint density at radius 3 is 2.89 bits per heavy atom. The highest BCUT2D eigenvalue weighted by atomic mass is 79.9. The van der Waals surface area contributed by atoms with E-state index in [0.29, 0.717) is 28.1 Å². The van der Waals surface area contributed by atoms with E-state index in [1.807, 2.05) is 6.92 Å². The largest absolute Gasteiger partial charge is 0.391 e. The predicted octanol–water partition coefficient (Wildman–Crippen LogP) is 2.95. The van der Waals surface area contributed by atoms with E-state index in [-0.39, 0.29) is 11.8 Å². The number of aliphatic hydroxyl groups is 1. The number of carbonyl (C=O) groups is 1. The maximum absolute atomic E-state index is 12.3. The first-order valence-electron chi connectivity index (χ1n) is 5.91. The van der Waals surface area contributed by atoms with Crippen molar-refractivity contribution in [3.8, 4) is 0 Å². The summed E-state index contributed by atoms with van der Waals surface area (Å²) in [7, 11) is 0. The Labute approximate surface area is 120 Å². The normalized spacial score (nSPS) is 24.1. The van der Waals surface area contributed by atoms with Crippen LogP contribution in [-0.4, -0.2) is 35.1 Å². The molecule has 98 valence electrons. The number of amides is 1. The second-order valence-corrected chi connectivity index (χ2v) is 6.00. The van der Waals surface area contributed by atoms with Crippen LogP contribution in [0.4, 0.5) is 0 Å². The van der Waals surface area contributed by atoms with Crippen molar-refractivity contribution in [2.24, 2.45) is 5.92 Å². The van der Waals surface area contributed by atoms with Gasteiger partial charge in [0.1, 0.15) is 0 Å². The molecule has 1 saturated heterocycles. The first kappa shape index (κ1) is 13.8. The van der Waals surface area contributed by atoms with E-state index in [4.69, 9.17) is 11.6 Å². The fraction of sp³-hybridized carbons (Fsp3) is 0.462. The predicted molar refractivity (Wildman–Crippen MR) is 74.8 cm³/mol. The summed E-state index contributed by atoms with van der Waals surface area (Å²) in [6.07, 6.45) is 0.395. The highest BCUT2D eigenvalue weighted by Gasteiger charge is 2.28. The summed E-state index contributed by atoms with van der Waals surface area (Å²) in [5, 5.41) is 10.4. The second-order valence-electron chi connectivity index (χ2n) is 4.71. The van der Waals surface area contributed by atoms with Crippen molar-refractivity contribution in [3.63, 3.8) is 0 Å². The molecular formula is C13H15BrClNO2. The highest BCUT2D eigenvalue weighted by Crippen LogP contribution is 2.25. The third-order valence-corrected chi connectivity index (χ3v) is 4.26. The van der Waals surface area contributed by atoms with Gasteiger partial charge in [0, 0.05) is 22.6 Å². The molecule has 2 unspecified atom stereocenters. The minimum atomic E-state index is -0.436. The third kappa shape index (κ3) is 2.87. The summed E-state index contributed by atoms with van der Waals surface area (Å²) in [6.45, 7) is 3.09. The van der Waals surface area contributed by atoms with Crippen molar-refractivity contribution in [3.05, 3.63) is 33.3 Å². The van der Waals surface area contributed by atoms with Gasteiger partial charge in [0.25, 0.3) is 5.91 Å². The van der Waals surface area contributed by atoms with Crippen LogP contribution in [0.25, 0.3) is 0 Å². The van der Waals surface area contributed by atoms with Crippen molar-refractivity contribution in [1.82, 2.24) is 4.90 Å². The first-order valence-corrected chi connectivity index (χ1v) is 7.08. The number of carbonyl (C=O) groups excluding carboxylic acids is 1. The van der Waals surface area contributed by atoms with Gasteiger partial charge >= 0.3 is 0 Å². The summed E-state index contributed by atoms with van der Waals surface area (Å²) < 4.78 is 0.688. The van der Waals surface area contributed by atoms with E-state index in [0.717, 1.165) is 6.42 Å². The number of benzene rings is 1. The van der Waals surface area contributed by atoms with Gasteiger partial charge in [-0.25, -0.2) is 0 Å². The molecule has 3 nitrogen and oxygen atoms in total. The van der Waals surface area contributed by atoms with E-state index in [9.17, 15) is 9.90 Å². The Balaban J connectivity index is 2.16. The molecule has 1 aromatic rings. The Bertz CT molecular complexity index is 466. The van der Waals surface area contributed by atoms with Gasteiger partial charge in [0.2, 0.25) is 0 Å². The molecule has 1 aliphatic heterocycles. The number of piperidine rings is 1. The van der Waals surface area contributed by atoms with Crippen molar-refractivity contribution >= 4 is 33.4 Å². The van der Waals surface area contributed by atoms with Crippen LogP contribution in [0.2, 0.25) is 5.02 Å². The molecule has 1 aliphatic rings. The smallest absolute Gasteiger partial charge is 0.255 e. The summed E-state index contributed by atoms with van der Waals surface area (Å²) in [6, 6.07) is 5.11. The summed E-state index contributed by atoms with van der Waals surface area (Å²) >= 11 is 9.20. The van der Waals surface area contributed by atoms with E-state index >= 15 is 0 Å². The Morgan fingerprint density at radius 1 is 1.56 bits per heavy atom. The van der Waals surface area contributed by atoms with Crippen LogP contribution in [0.5, 0.6) is 0 Å². The summed E-state index contributed by atoms with van der Waals surface area (Å²) in [5.41, 5.74) is 0.584. The number of β-amino-alcohol motifs (C(OH)–C–C–N with tert-alkyl or cyclic N) is 1. The SMILES string of the molecule is CC1CCN(C(=O)c2ccc(Cl)cc2Br)CC1O. The first-order chi connectivity index (χ1) is 8.49. The van der Waals surface area contributed by atoms with E-state index < -0.39 is 6.10 Å². The Morgan fingerprint density at radius 2 is 2.28 bits per heavy atom. The number of hydrogen-bond donors (Lipinski definition) is 1. The Hall–Kier alpha value is -0.580. The molecule has 0 bridgehead atoms. The lowest BCUT2D eigenvalue weighted by Gasteiger charge is -2.34. The van der Waals surface area contributed by atoms with Gasteiger partial charge in [0.05, 0.1) is 11.7 Å². The average molecular weight is 333 g/mol. The van der Waals surface area contributed by atoms with Crippen LogP contribution in [0.3, 0.4) is 0 Å². The van der Waals surface area contributed by atoms with Gasteiger partial charge in [-0.3, -0.25) is 4.79 Å². The maximum Gasteiger partial charge on any atom is 0.255 e. The maximum atomic E-state index is 12.3. The molecule has 0 saturated carbocycles. The molecule has 0 spiro atoms. The van der Waals surface area contributed by atoms with E-state index in [2.05, 4.69) is 15.9 Å². The summed E-state index contributed by atoms with van der Waals surface area (Å²) in [5.74, 6) is 0.187. The standard InChI is InChI=1S/C13H15BrClNO2/c1-8-4-5-16(7-12(8)17)13(18)10-3-2-9(15)6-11(10)14/h2-3,6,8,12,17H,4-5,7H2,1H3. The molecule has 0 aromatic heterocycles. The van der Waals surface area contributed by atoms with E-state index in [1.54, 1.807) is 23.1 Å². The number of likely N-dealkylation sites (tertiary alicyclic amines) is 1. The number of aliphatic hydroxyl groups excluding tert-OH is 1. The molecule has 0 aliphatic carbocycles. The third-order valence-electron chi connectivity index (χ3n) is 3.37. The number of rotatable bonds is 1. The van der Waals surface area contributed by atoms with Gasteiger partial charge in [-0.15, -0.1) is 0 Å². The minimum Gasteiger partial charge on any atom is -0.391 e. The number of halogens is 2. The molecule has 5 heteroatoms. The van der Waals surface area contributed by atoms with Gasteiger partial charge in [0.15, 0.2) is 0 Å². The molecule has 0 radical (unpaired) electrons. The zero-order valence-corrected chi connectivity index (χ0v) is 12.4.